The maximum absolute atomic E-state index is 12.6. The molecule has 1 amide bonds. The van der Waals surface area contributed by atoms with E-state index < -0.39 is 0 Å². The lowest BCUT2D eigenvalue weighted by Crippen LogP contribution is -2.36. The SMILES string of the molecule is CCOc1ccc(C(CNC(=O)C2CCCO2)c2c[nH]c3ccccc23)cc1OC. The highest BCUT2D eigenvalue weighted by molar-refractivity contribution is 5.85. The van der Waals surface area contributed by atoms with Gasteiger partial charge in [0.05, 0.1) is 13.7 Å². The Bertz CT molecular complexity index is 1010. The van der Waals surface area contributed by atoms with Crippen molar-refractivity contribution in [1.29, 1.82) is 0 Å². The van der Waals surface area contributed by atoms with Gasteiger partial charge < -0.3 is 24.5 Å². The Morgan fingerprint density at radius 3 is 2.90 bits per heavy atom. The van der Waals surface area contributed by atoms with Crippen LogP contribution in [0.1, 0.15) is 36.8 Å². The zero-order valence-electron chi connectivity index (χ0n) is 17.4. The van der Waals surface area contributed by atoms with E-state index in [1.54, 1.807) is 7.11 Å². The van der Waals surface area contributed by atoms with E-state index in [1.165, 1.54) is 0 Å². The molecule has 2 aromatic carbocycles. The number of aromatic amines is 1. The average molecular weight is 408 g/mol. The smallest absolute Gasteiger partial charge is 0.249 e. The van der Waals surface area contributed by atoms with E-state index in [0.29, 0.717) is 31.3 Å². The van der Waals surface area contributed by atoms with Crippen LogP contribution in [-0.2, 0) is 9.53 Å². The Morgan fingerprint density at radius 1 is 1.27 bits per heavy atom. The molecule has 0 aliphatic carbocycles. The molecule has 0 radical (unpaired) electrons. The largest absolute Gasteiger partial charge is 0.493 e. The van der Waals surface area contributed by atoms with Crippen LogP contribution in [0.15, 0.2) is 48.7 Å². The molecule has 6 nitrogen and oxygen atoms in total. The summed E-state index contributed by atoms with van der Waals surface area (Å²) in [6.45, 7) is 3.64. The molecule has 4 rings (SSSR count). The van der Waals surface area contributed by atoms with Gasteiger partial charge in [-0.05, 0) is 49.1 Å². The minimum Gasteiger partial charge on any atom is -0.493 e. The number of methoxy groups -OCH3 is 1. The maximum atomic E-state index is 12.6. The van der Waals surface area contributed by atoms with Crippen LogP contribution in [0.4, 0.5) is 0 Å². The first-order chi connectivity index (χ1) is 14.7. The maximum Gasteiger partial charge on any atom is 0.249 e. The van der Waals surface area contributed by atoms with E-state index in [0.717, 1.165) is 34.9 Å². The van der Waals surface area contributed by atoms with Crippen molar-refractivity contribution in [2.75, 3.05) is 26.9 Å². The molecule has 2 unspecified atom stereocenters. The van der Waals surface area contributed by atoms with Gasteiger partial charge in [-0.2, -0.15) is 0 Å². The van der Waals surface area contributed by atoms with Crippen molar-refractivity contribution in [2.24, 2.45) is 0 Å². The van der Waals surface area contributed by atoms with E-state index >= 15 is 0 Å². The molecule has 0 bridgehead atoms. The van der Waals surface area contributed by atoms with Crippen LogP contribution in [0.25, 0.3) is 10.9 Å². The van der Waals surface area contributed by atoms with Crippen LogP contribution < -0.4 is 14.8 Å². The molecule has 1 aliphatic rings. The van der Waals surface area contributed by atoms with Gasteiger partial charge in [-0.1, -0.05) is 24.3 Å². The van der Waals surface area contributed by atoms with Crippen LogP contribution in [0.5, 0.6) is 11.5 Å². The summed E-state index contributed by atoms with van der Waals surface area (Å²) in [5, 5.41) is 4.24. The molecular formula is C24H28N2O4. The number of benzene rings is 2. The zero-order valence-corrected chi connectivity index (χ0v) is 17.4. The first kappa shape index (κ1) is 20.3. The van der Waals surface area contributed by atoms with Crippen molar-refractivity contribution in [2.45, 2.75) is 31.8 Å². The molecule has 2 heterocycles. The standard InChI is InChI=1S/C24H28N2O4/c1-3-29-21-11-10-16(13-23(21)28-2)18(14-26-24(27)22-9-6-12-30-22)19-15-25-20-8-5-4-7-17(19)20/h4-5,7-8,10-11,13,15,18,22,25H,3,6,9,12,14H2,1-2H3,(H,26,27). The van der Waals surface area contributed by atoms with Crippen molar-refractivity contribution >= 4 is 16.8 Å². The number of amides is 1. The lowest BCUT2D eigenvalue weighted by molar-refractivity contribution is -0.130. The summed E-state index contributed by atoms with van der Waals surface area (Å²) in [4.78, 5) is 15.9. The fourth-order valence-electron chi connectivity index (χ4n) is 4.07. The second-order valence-electron chi connectivity index (χ2n) is 7.43. The van der Waals surface area contributed by atoms with Crippen LogP contribution in [0.3, 0.4) is 0 Å². The highest BCUT2D eigenvalue weighted by Gasteiger charge is 2.26. The van der Waals surface area contributed by atoms with E-state index in [-0.39, 0.29) is 17.9 Å². The minimum atomic E-state index is -0.344. The summed E-state index contributed by atoms with van der Waals surface area (Å²) < 4.78 is 16.8. The lowest BCUT2D eigenvalue weighted by atomic mass is 9.90. The monoisotopic (exact) mass is 408 g/mol. The molecule has 0 saturated carbocycles. The molecule has 1 aliphatic heterocycles. The summed E-state index contributed by atoms with van der Waals surface area (Å²) in [6.07, 6.45) is 3.39. The first-order valence-corrected chi connectivity index (χ1v) is 10.5. The molecule has 2 N–H and O–H groups in total. The van der Waals surface area contributed by atoms with Crippen molar-refractivity contribution in [1.82, 2.24) is 10.3 Å². The van der Waals surface area contributed by atoms with Crippen molar-refractivity contribution in [3.63, 3.8) is 0 Å². The van der Waals surface area contributed by atoms with Gasteiger partial charge in [0.2, 0.25) is 5.91 Å². The third kappa shape index (κ3) is 4.14. The first-order valence-electron chi connectivity index (χ1n) is 10.5. The Hall–Kier alpha value is -2.99. The lowest BCUT2D eigenvalue weighted by Gasteiger charge is -2.21. The summed E-state index contributed by atoms with van der Waals surface area (Å²) in [7, 11) is 1.64. The molecule has 30 heavy (non-hydrogen) atoms. The van der Waals surface area contributed by atoms with Crippen LogP contribution in [-0.4, -0.2) is 43.9 Å². The van der Waals surface area contributed by atoms with Crippen molar-refractivity contribution < 1.29 is 19.0 Å². The molecule has 3 aromatic rings. The van der Waals surface area contributed by atoms with Gasteiger partial charge in [0.15, 0.2) is 11.5 Å². The molecule has 2 atom stereocenters. The van der Waals surface area contributed by atoms with E-state index in [2.05, 4.69) is 22.4 Å². The quantitative estimate of drug-likeness (QED) is 0.591. The number of fused-ring (bicyclic) bond motifs is 1. The number of hydrogen-bond acceptors (Lipinski definition) is 4. The summed E-state index contributed by atoms with van der Waals surface area (Å²) in [6, 6.07) is 14.2. The fourth-order valence-corrected chi connectivity index (χ4v) is 4.07. The van der Waals surface area contributed by atoms with E-state index in [1.807, 2.05) is 43.5 Å². The zero-order chi connectivity index (χ0) is 20.9. The second kappa shape index (κ2) is 9.22. The minimum absolute atomic E-state index is 0.0453. The Labute approximate surface area is 176 Å². The van der Waals surface area contributed by atoms with Gasteiger partial charge in [-0.15, -0.1) is 0 Å². The van der Waals surface area contributed by atoms with Gasteiger partial charge in [0.25, 0.3) is 0 Å². The number of rotatable bonds is 8. The molecule has 1 fully saturated rings. The third-order valence-corrected chi connectivity index (χ3v) is 5.59. The number of ether oxygens (including phenoxy) is 3. The molecule has 1 aromatic heterocycles. The molecule has 0 spiro atoms. The summed E-state index contributed by atoms with van der Waals surface area (Å²) in [5.41, 5.74) is 3.25. The molecule has 1 saturated heterocycles. The summed E-state index contributed by atoms with van der Waals surface area (Å²) >= 11 is 0. The summed E-state index contributed by atoms with van der Waals surface area (Å²) in [5.74, 6) is 1.31. The number of H-pyrrole nitrogens is 1. The number of para-hydroxylation sites is 1. The highest BCUT2D eigenvalue weighted by Crippen LogP contribution is 2.36. The van der Waals surface area contributed by atoms with Gasteiger partial charge in [-0.25, -0.2) is 0 Å². The average Bonchev–Trinajstić information content (AvgIpc) is 3.45. The van der Waals surface area contributed by atoms with E-state index in [4.69, 9.17) is 14.2 Å². The third-order valence-electron chi connectivity index (χ3n) is 5.59. The van der Waals surface area contributed by atoms with Crippen LogP contribution in [0, 0.1) is 0 Å². The van der Waals surface area contributed by atoms with Gasteiger partial charge in [-0.3, -0.25) is 4.79 Å². The predicted octanol–water partition coefficient (Wildman–Crippen LogP) is 4.00. The van der Waals surface area contributed by atoms with Gasteiger partial charge in [0.1, 0.15) is 6.10 Å². The normalized spacial score (nSPS) is 17.1. The molecular weight excluding hydrogens is 380 g/mol. The number of nitrogens with one attached hydrogen (secondary N) is 2. The predicted molar refractivity (Wildman–Crippen MR) is 116 cm³/mol. The Morgan fingerprint density at radius 2 is 2.13 bits per heavy atom. The fraction of sp³-hybridized carbons (Fsp3) is 0.375. The van der Waals surface area contributed by atoms with E-state index in [9.17, 15) is 4.79 Å². The van der Waals surface area contributed by atoms with Gasteiger partial charge >= 0.3 is 0 Å². The number of aromatic nitrogens is 1. The molecule has 6 heteroatoms. The number of carbonyl (C=O) groups is 1. The number of hydrogen-bond donors (Lipinski definition) is 2. The number of carbonyl (C=O) groups excluding carboxylic acids is 1. The van der Waals surface area contributed by atoms with Gasteiger partial charge in [0, 0.05) is 36.2 Å². The Kier molecular flexibility index (Phi) is 6.23. The second-order valence-corrected chi connectivity index (χ2v) is 7.43. The van der Waals surface area contributed by atoms with Crippen LogP contribution >= 0.6 is 0 Å². The van der Waals surface area contributed by atoms with Crippen LogP contribution in [0.2, 0.25) is 0 Å². The Balaban J connectivity index is 1.67. The van der Waals surface area contributed by atoms with Crippen molar-refractivity contribution in [3.05, 3.63) is 59.8 Å². The topological polar surface area (TPSA) is 72.6 Å². The van der Waals surface area contributed by atoms with Crippen molar-refractivity contribution in [3.8, 4) is 11.5 Å². The highest BCUT2D eigenvalue weighted by atomic mass is 16.5. The molecule has 158 valence electrons.